The molecule has 0 radical (unpaired) electrons. The Labute approximate surface area is 102 Å². The van der Waals surface area contributed by atoms with Gasteiger partial charge in [-0.25, -0.2) is 4.79 Å². The van der Waals surface area contributed by atoms with Crippen molar-refractivity contribution in [2.45, 2.75) is 51.6 Å². The molecule has 98 valence electrons. The van der Waals surface area contributed by atoms with Crippen LogP contribution in [-0.2, 0) is 9.59 Å². The number of unbranched alkanes of at least 4 members (excludes halogenated alkanes) is 1. The SMILES string of the molecule is CCCCC(N)C(=O)N1CCC(C)C1C(=O)O. The first-order valence-corrected chi connectivity index (χ1v) is 6.27. The summed E-state index contributed by atoms with van der Waals surface area (Å²) in [6.07, 6.45) is 3.25. The highest BCUT2D eigenvalue weighted by atomic mass is 16.4. The maximum atomic E-state index is 12.0. The fourth-order valence-electron chi connectivity index (χ4n) is 2.33. The Hall–Kier alpha value is -1.10. The standard InChI is InChI=1S/C12H22N2O3/c1-3-4-5-9(13)11(15)14-7-6-8(2)10(14)12(16)17/h8-10H,3-7,13H2,1-2H3,(H,16,17). The molecule has 0 aromatic heterocycles. The van der Waals surface area contributed by atoms with Crippen molar-refractivity contribution in [3.8, 4) is 0 Å². The van der Waals surface area contributed by atoms with Gasteiger partial charge < -0.3 is 15.7 Å². The lowest BCUT2D eigenvalue weighted by atomic mass is 10.0. The minimum Gasteiger partial charge on any atom is -0.480 e. The quantitative estimate of drug-likeness (QED) is 0.747. The highest BCUT2D eigenvalue weighted by molar-refractivity contribution is 5.87. The smallest absolute Gasteiger partial charge is 0.326 e. The topological polar surface area (TPSA) is 83.6 Å². The van der Waals surface area contributed by atoms with Crippen molar-refractivity contribution < 1.29 is 14.7 Å². The van der Waals surface area contributed by atoms with Crippen LogP contribution in [0.4, 0.5) is 0 Å². The Balaban J connectivity index is 2.65. The molecule has 1 rings (SSSR count). The van der Waals surface area contributed by atoms with Crippen LogP contribution in [0.15, 0.2) is 0 Å². The minimum absolute atomic E-state index is 0.00910. The maximum Gasteiger partial charge on any atom is 0.326 e. The van der Waals surface area contributed by atoms with Crippen LogP contribution in [0.25, 0.3) is 0 Å². The normalized spacial score (nSPS) is 25.9. The van der Waals surface area contributed by atoms with Crippen LogP contribution in [0.2, 0.25) is 0 Å². The number of hydrogen-bond acceptors (Lipinski definition) is 3. The highest BCUT2D eigenvalue weighted by Crippen LogP contribution is 2.25. The van der Waals surface area contributed by atoms with Gasteiger partial charge in [-0.15, -0.1) is 0 Å². The molecule has 3 atom stereocenters. The molecule has 0 bridgehead atoms. The van der Waals surface area contributed by atoms with E-state index in [9.17, 15) is 9.59 Å². The van der Waals surface area contributed by atoms with Crippen LogP contribution in [0, 0.1) is 5.92 Å². The molecule has 0 aromatic carbocycles. The molecule has 1 heterocycles. The first-order chi connectivity index (χ1) is 7.99. The zero-order chi connectivity index (χ0) is 13.0. The van der Waals surface area contributed by atoms with E-state index in [-0.39, 0.29) is 11.8 Å². The average molecular weight is 242 g/mol. The van der Waals surface area contributed by atoms with Gasteiger partial charge in [-0.05, 0) is 18.8 Å². The number of amides is 1. The number of hydrogen-bond donors (Lipinski definition) is 2. The van der Waals surface area contributed by atoms with E-state index in [2.05, 4.69) is 0 Å². The zero-order valence-corrected chi connectivity index (χ0v) is 10.6. The van der Waals surface area contributed by atoms with E-state index in [1.165, 1.54) is 4.90 Å². The fourth-order valence-corrected chi connectivity index (χ4v) is 2.33. The molecule has 1 fully saturated rings. The van der Waals surface area contributed by atoms with E-state index in [4.69, 9.17) is 10.8 Å². The monoisotopic (exact) mass is 242 g/mol. The third-order valence-electron chi connectivity index (χ3n) is 3.42. The third kappa shape index (κ3) is 3.19. The first-order valence-electron chi connectivity index (χ1n) is 6.27. The number of carbonyl (C=O) groups excluding carboxylic acids is 1. The summed E-state index contributed by atoms with van der Waals surface area (Å²) in [7, 11) is 0. The summed E-state index contributed by atoms with van der Waals surface area (Å²) < 4.78 is 0. The number of carboxylic acids is 1. The number of nitrogens with zero attached hydrogens (tertiary/aromatic N) is 1. The number of aliphatic carboxylic acids is 1. The van der Waals surface area contributed by atoms with Crippen LogP contribution in [-0.4, -0.2) is 40.5 Å². The number of rotatable bonds is 5. The summed E-state index contributed by atoms with van der Waals surface area (Å²) in [6, 6.07) is -1.25. The van der Waals surface area contributed by atoms with Crippen LogP contribution in [0.5, 0.6) is 0 Å². The molecule has 3 N–H and O–H groups in total. The molecule has 1 amide bonds. The van der Waals surface area contributed by atoms with Gasteiger partial charge in [-0.1, -0.05) is 26.7 Å². The predicted octanol–water partition coefficient (Wildman–Crippen LogP) is 0.825. The van der Waals surface area contributed by atoms with E-state index < -0.39 is 18.1 Å². The van der Waals surface area contributed by atoms with Crippen LogP contribution in [0.3, 0.4) is 0 Å². The second kappa shape index (κ2) is 6.00. The number of carbonyl (C=O) groups is 2. The Morgan fingerprint density at radius 3 is 2.71 bits per heavy atom. The molecule has 5 nitrogen and oxygen atoms in total. The summed E-state index contributed by atoms with van der Waals surface area (Å²) in [5.41, 5.74) is 5.81. The third-order valence-corrected chi connectivity index (χ3v) is 3.42. The molecule has 0 aromatic rings. The van der Waals surface area contributed by atoms with Gasteiger partial charge in [-0.3, -0.25) is 4.79 Å². The Bertz CT molecular complexity index is 293. The van der Waals surface area contributed by atoms with E-state index >= 15 is 0 Å². The molecule has 1 saturated heterocycles. The van der Waals surface area contributed by atoms with Crippen LogP contribution < -0.4 is 5.73 Å². The van der Waals surface area contributed by atoms with Crippen molar-refractivity contribution in [2.75, 3.05) is 6.54 Å². The van der Waals surface area contributed by atoms with Gasteiger partial charge in [0.05, 0.1) is 6.04 Å². The largest absolute Gasteiger partial charge is 0.480 e. The van der Waals surface area contributed by atoms with Crippen molar-refractivity contribution in [1.82, 2.24) is 4.90 Å². The molecule has 1 aliphatic heterocycles. The lowest BCUT2D eigenvalue weighted by molar-refractivity contribution is -0.149. The van der Waals surface area contributed by atoms with Gasteiger partial charge in [0, 0.05) is 6.54 Å². The van der Waals surface area contributed by atoms with Crippen molar-refractivity contribution in [2.24, 2.45) is 11.7 Å². The molecule has 0 spiro atoms. The summed E-state index contributed by atoms with van der Waals surface area (Å²) in [5.74, 6) is -1.13. The van der Waals surface area contributed by atoms with Gasteiger partial charge in [-0.2, -0.15) is 0 Å². The highest BCUT2D eigenvalue weighted by Gasteiger charge is 2.40. The summed E-state index contributed by atoms with van der Waals surface area (Å²) in [4.78, 5) is 24.6. The fraction of sp³-hybridized carbons (Fsp3) is 0.833. The second-order valence-corrected chi connectivity index (χ2v) is 4.83. The van der Waals surface area contributed by atoms with Crippen molar-refractivity contribution in [3.05, 3.63) is 0 Å². The van der Waals surface area contributed by atoms with Crippen molar-refractivity contribution in [3.63, 3.8) is 0 Å². The number of nitrogens with two attached hydrogens (primary N) is 1. The molecular formula is C12H22N2O3. The minimum atomic E-state index is -0.925. The second-order valence-electron chi connectivity index (χ2n) is 4.83. The van der Waals surface area contributed by atoms with E-state index in [0.717, 1.165) is 19.3 Å². The molecule has 1 aliphatic rings. The zero-order valence-electron chi connectivity index (χ0n) is 10.6. The summed E-state index contributed by atoms with van der Waals surface area (Å²) in [6.45, 7) is 4.41. The average Bonchev–Trinajstić information content (AvgIpc) is 2.66. The molecule has 17 heavy (non-hydrogen) atoms. The Morgan fingerprint density at radius 2 is 2.18 bits per heavy atom. The van der Waals surface area contributed by atoms with Gasteiger partial charge in [0.2, 0.25) is 5.91 Å². The molecule has 5 heteroatoms. The molecular weight excluding hydrogens is 220 g/mol. The van der Waals surface area contributed by atoms with Crippen LogP contribution in [0.1, 0.15) is 39.5 Å². The summed E-state index contributed by atoms with van der Waals surface area (Å²) >= 11 is 0. The van der Waals surface area contributed by atoms with E-state index in [1.807, 2.05) is 13.8 Å². The summed E-state index contributed by atoms with van der Waals surface area (Å²) in [5, 5.41) is 9.13. The number of carboxylic acid groups (broad SMARTS) is 1. The van der Waals surface area contributed by atoms with Crippen molar-refractivity contribution >= 4 is 11.9 Å². The van der Waals surface area contributed by atoms with E-state index in [1.54, 1.807) is 0 Å². The Kier molecular flexibility index (Phi) is 4.93. The lowest BCUT2D eigenvalue weighted by Gasteiger charge is -2.26. The molecule has 0 aliphatic carbocycles. The van der Waals surface area contributed by atoms with Gasteiger partial charge in [0.15, 0.2) is 0 Å². The van der Waals surface area contributed by atoms with Crippen LogP contribution >= 0.6 is 0 Å². The first kappa shape index (κ1) is 14.0. The molecule has 3 unspecified atom stereocenters. The predicted molar refractivity (Wildman–Crippen MR) is 64.4 cm³/mol. The number of likely N-dealkylation sites (tertiary alicyclic amines) is 1. The van der Waals surface area contributed by atoms with Gasteiger partial charge in [0.25, 0.3) is 0 Å². The van der Waals surface area contributed by atoms with Gasteiger partial charge >= 0.3 is 5.97 Å². The lowest BCUT2D eigenvalue weighted by Crippen LogP contribution is -2.49. The Morgan fingerprint density at radius 1 is 1.53 bits per heavy atom. The van der Waals surface area contributed by atoms with Crippen molar-refractivity contribution in [1.29, 1.82) is 0 Å². The van der Waals surface area contributed by atoms with E-state index in [0.29, 0.717) is 13.0 Å². The molecule has 0 saturated carbocycles. The van der Waals surface area contributed by atoms with Gasteiger partial charge in [0.1, 0.15) is 6.04 Å². The maximum absolute atomic E-state index is 12.0.